The lowest BCUT2D eigenvalue weighted by Gasteiger charge is -2.37. The fourth-order valence-electron chi connectivity index (χ4n) is 4.31. The third-order valence-corrected chi connectivity index (χ3v) is 5.55. The molecule has 2 atom stereocenters. The molecule has 2 aliphatic heterocycles. The summed E-state index contributed by atoms with van der Waals surface area (Å²) in [6.45, 7) is 10.3. The minimum atomic E-state index is 0.0890. The van der Waals surface area contributed by atoms with Gasteiger partial charge in [0.15, 0.2) is 0 Å². The van der Waals surface area contributed by atoms with Crippen molar-refractivity contribution in [3.8, 4) is 0 Å². The van der Waals surface area contributed by atoms with Crippen molar-refractivity contribution in [3.63, 3.8) is 0 Å². The highest BCUT2D eigenvalue weighted by Gasteiger charge is 2.27. The van der Waals surface area contributed by atoms with Gasteiger partial charge < -0.3 is 10.2 Å². The molecule has 2 rings (SSSR count). The van der Waals surface area contributed by atoms with Gasteiger partial charge in [-0.2, -0.15) is 0 Å². The Morgan fingerprint density at radius 3 is 2.28 bits per heavy atom. The minimum absolute atomic E-state index is 0.0890. The first kappa shape index (κ1) is 20.2. The van der Waals surface area contributed by atoms with Gasteiger partial charge >= 0.3 is 0 Å². The summed E-state index contributed by atoms with van der Waals surface area (Å²) in [6.07, 6.45) is 3.44. The highest BCUT2D eigenvalue weighted by Crippen LogP contribution is 2.21. The second kappa shape index (κ2) is 9.53. The summed E-state index contributed by atoms with van der Waals surface area (Å²) < 4.78 is 0. The van der Waals surface area contributed by atoms with Crippen molar-refractivity contribution < 1.29 is 9.59 Å². The van der Waals surface area contributed by atoms with Crippen LogP contribution >= 0.6 is 0 Å². The van der Waals surface area contributed by atoms with E-state index in [2.05, 4.69) is 40.9 Å². The first-order valence-electron chi connectivity index (χ1n) is 9.76. The molecule has 2 aliphatic rings. The Labute approximate surface area is 152 Å². The van der Waals surface area contributed by atoms with Crippen molar-refractivity contribution in [1.29, 1.82) is 0 Å². The summed E-state index contributed by atoms with van der Waals surface area (Å²) >= 11 is 0. The van der Waals surface area contributed by atoms with Crippen LogP contribution in [-0.4, -0.2) is 86.4 Å². The molecule has 1 N–H and O–H groups in total. The van der Waals surface area contributed by atoms with Gasteiger partial charge in [0.05, 0.1) is 13.1 Å². The average Bonchev–Trinajstić information content (AvgIpc) is 2.55. The number of hydrogen-bond donors (Lipinski definition) is 1. The van der Waals surface area contributed by atoms with Gasteiger partial charge in [-0.1, -0.05) is 13.8 Å². The summed E-state index contributed by atoms with van der Waals surface area (Å²) in [6, 6.07) is 0. The van der Waals surface area contributed by atoms with E-state index < -0.39 is 0 Å². The lowest BCUT2D eigenvalue weighted by atomic mass is 9.92. The second-order valence-corrected chi connectivity index (χ2v) is 8.33. The monoisotopic (exact) mass is 352 g/mol. The molecular weight excluding hydrogens is 316 g/mol. The molecule has 0 aromatic carbocycles. The van der Waals surface area contributed by atoms with Crippen LogP contribution in [0.25, 0.3) is 0 Å². The normalized spacial score (nSPS) is 26.0. The Morgan fingerprint density at radius 2 is 1.72 bits per heavy atom. The zero-order valence-electron chi connectivity index (χ0n) is 16.5. The van der Waals surface area contributed by atoms with E-state index >= 15 is 0 Å². The molecule has 2 heterocycles. The van der Waals surface area contributed by atoms with E-state index in [1.165, 1.54) is 6.42 Å². The molecule has 2 saturated heterocycles. The van der Waals surface area contributed by atoms with Crippen LogP contribution in [0, 0.1) is 17.8 Å². The molecule has 0 aliphatic carbocycles. The third-order valence-electron chi connectivity index (χ3n) is 5.55. The van der Waals surface area contributed by atoms with Crippen LogP contribution in [-0.2, 0) is 9.59 Å². The number of nitrogens with one attached hydrogen (secondary N) is 1. The predicted molar refractivity (Wildman–Crippen MR) is 100 cm³/mol. The van der Waals surface area contributed by atoms with Crippen molar-refractivity contribution in [3.05, 3.63) is 0 Å². The molecule has 0 bridgehead atoms. The van der Waals surface area contributed by atoms with Crippen LogP contribution in [0.1, 0.15) is 33.1 Å². The summed E-state index contributed by atoms with van der Waals surface area (Å²) in [5, 5.41) is 2.68. The zero-order chi connectivity index (χ0) is 18.4. The highest BCUT2D eigenvalue weighted by atomic mass is 16.2. The molecule has 2 unspecified atom stereocenters. The van der Waals surface area contributed by atoms with Crippen molar-refractivity contribution in [2.24, 2.45) is 17.8 Å². The van der Waals surface area contributed by atoms with E-state index in [4.69, 9.17) is 0 Å². The molecule has 0 aromatic heterocycles. The number of amides is 2. The smallest absolute Gasteiger partial charge is 0.236 e. The summed E-state index contributed by atoms with van der Waals surface area (Å²) in [5.74, 6) is 2.22. The van der Waals surface area contributed by atoms with Gasteiger partial charge in [-0.25, -0.2) is 0 Å². The lowest BCUT2D eigenvalue weighted by molar-refractivity contribution is -0.135. The average molecular weight is 353 g/mol. The largest absolute Gasteiger partial charge is 0.358 e. The van der Waals surface area contributed by atoms with Crippen LogP contribution in [0.2, 0.25) is 0 Å². The molecule has 0 spiro atoms. The Morgan fingerprint density at radius 1 is 1.12 bits per heavy atom. The van der Waals surface area contributed by atoms with Crippen molar-refractivity contribution in [2.75, 3.05) is 59.9 Å². The van der Waals surface area contributed by atoms with Crippen LogP contribution < -0.4 is 5.32 Å². The lowest BCUT2D eigenvalue weighted by Crippen LogP contribution is -2.47. The molecule has 0 radical (unpaired) electrons. The highest BCUT2D eigenvalue weighted by molar-refractivity contribution is 5.78. The fraction of sp³-hybridized carbons (Fsp3) is 0.895. The summed E-state index contributed by atoms with van der Waals surface area (Å²) in [7, 11) is 3.75. The zero-order valence-corrected chi connectivity index (χ0v) is 16.5. The first-order valence-corrected chi connectivity index (χ1v) is 9.76. The number of piperidine rings is 2. The van der Waals surface area contributed by atoms with Gasteiger partial charge in [-0.05, 0) is 57.2 Å². The molecule has 6 nitrogen and oxygen atoms in total. The van der Waals surface area contributed by atoms with Gasteiger partial charge in [-0.3, -0.25) is 19.4 Å². The number of carbonyl (C=O) groups is 2. The number of likely N-dealkylation sites (N-methyl/N-ethyl adjacent to an activating group) is 2. The van der Waals surface area contributed by atoms with Crippen LogP contribution in [0.4, 0.5) is 0 Å². The van der Waals surface area contributed by atoms with Crippen LogP contribution in [0.5, 0.6) is 0 Å². The second-order valence-electron chi connectivity index (χ2n) is 8.33. The van der Waals surface area contributed by atoms with E-state index in [0.29, 0.717) is 30.8 Å². The number of rotatable bonds is 6. The molecule has 2 amide bonds. The molecular formula is C19H36N4O2. The molecule has 2 fully saturated rings. The Bertz CT molecular complexity index is 439. The SMILES string of the molecule is CNC(=O)CN1CCC(CN(C)CC(=O)N2CC(C)CC(C)C2)CC1. The van der Waals surface area contributed by atoms with Gasteiger partial charge in [0.25, 0.3) is 0 Å². The topological polar surface area (TPSA) is 55.9 Å². The maximum atomic E-state index is 12.6. The molecule has 0 saturated carbocycles. The molecule has 25 heavy (non-hydrogen) atoms. The number of carbonyl (C=O) groups excluding carboxylic acids is 2. The van der Waals surface area contributed by atoms with Gasteiger partial charge in [-0.15, -0.1) is 0 Å². The number of nitrogens with zero attached hydrogens (tertiary/aromatic N) is 3. The molecule has 6 heteroatoms. The van der Waals surface area contributed by atoms with E-state index in [-0.39, 0.29) is 11.8 Å². The maximum absolute atomic E-state index is 12.6. The van der Waals surface area contributed by atoms with Crippen molar-refractivity contribution in [1.82, 2.24) is 20.0 Å². The number of hydrogen-bond acceptors (Lipinski definition) is 4. The Kier molecular flexibility index (Phi) is 7.69. The number of likely N-dealkylation sites (tertiary alicyclic amines) is 2. The van der Waals surface area contributed by atoms with Gasteiger partial charge in [0, 0.05) is 26.7 Å². The van der Waals surface area contributed by atoms with E-state index in [9.17, 15) is 9.59 Å². The van der Waals surface area contributed by atoms with E-state index in [0.717, 1.165) is 45.6 Å². The summed E-state index contributed by atoms with van der Waals surface area (Å²) in [5.41, 5.74) is 0. The van der Waals surface area contributed by atoms with E-state index in [1.807, 2.05) is 0 Å². The van der Waals surface area contributed by atoms with E-state index in [1.54, 1.807) is 7.05 Å². The Hall–Kier alpha value is -1.14. The Balaban J connectivity index is 1.69. The predicted octanol–water partition coefficient (Wildman–Crippen LogP) is 0.881. The van der Waals surface area contributed by atoms with Crippen molar-refractivity contribution in [2.45, 2.75) is 33.1 Å². The van der Waals surface area contributed by atoms with Crippen molar-refractivity contribution >= 4 is 11.8 Å². The maximum Gasteiger partial charge on any atom is 0.236 e. The first-order chi connectivity index (χ1) is 11.9. The van der Waals surface area contributed by atoms with Gasteiger partial charge in [0.2, 0.25) is 11.8 Å². The molecule has 0 aromatic rings. The standard InChI is InChI=1S/C19H36N4O2/c1-15-9-16(2)11-23(10-15)19(25)14-21(4)12-17-5-7-22(8-6-17)13-18(24)20-3/h15-17H,5-14H2,1-4H3,(H,20,24). The third kappa shape index (κ3) is 6.59. The fourth-order valence-corrected chi connectivity index (χ4v) is 4.31. The van der Waals surface area contributed by atoms with Gasteiger partial charge in [0.1, 0.15) is 0 Å². The molecule has 144 valence electrons. The summed E-state index contributed by atoms with van der Waals surface area (Å²) in [4.78, 5) is 30.5. The van der Waals surface area contributed by atoms with Crippen LogP contribution in [0.3, 0.4) is 0 Å². The quantitative estimate of drug-likeness (QED) is 0.771. The minimum Gasteiger partial charge on any atom is -0.358 e. The van der Waals surface area contributed by atoms with Crippen LogP contribution in [0.15, 0.2) is 0 Å².